The Morgan fingerprint density at radius 3 is 2.02 bits per heavy atom. The first-order chi connectivity index (χ1) is 23.8. The van der Waals surface area contributed by atoms with Gasteiger partial charge in [0.15, 0.2) is 0 Å². The molecule has 4 amide bonds. The van der Waals surface area contributed by atoms with Crippen molar-refractivity contribution in [2.75, 3.05) is 10.2 Å². The SMILES string of the molecule is Cc1ccc(C=C(NC(=O)c2ccccc2)C(=O)Nc2ccc(SC3CC(=O)N(c4ccc(N=Nc5ccccc5)cc4)C3=O)cc2)cc1. The van der Waals surface area contributed by atoms with Gasteiger partial charge in [0, 0.05) is 22.6 Å². The number of rotatable bonds is 10. The van der Waals surface area contributed by atoms with Crippen LogP contribution in [0.4, 0.5) is 22.7 Å². The molecular formula is C39H31N5O4S. The van der Waals surface area contributed by atoms with E-state index in [0.29, 0.717) is 22.6 Å². The smallest absolute Gasteiger partial charge is 0.272 e. The van der Waals surface area contributed by atoms with Crippen LogP contribution in [0, 0.1) is 6.92 Å². The van der Waals surface area contributed by atoms with E-state index in [-0.39, 0.29) is 23.9 Å². The van der Waals surface area contributed by atoms with Crippen molar-refractivity contribution in [1.29, 1.82) is 0 Å². The Kier molecular flexibility index (Phi) is 10.2. The molecule has 1 fully saturated rings. The normalized spacial score (nSPS) is 14.7. The highest BCUT2D eigenvalue weighted by Gasteiger charge is 2.40. The summed E-state index contributed by atoms with van der Waals surface area (Å²) in [5, 5.41) is 13.4. The Morgan fingerprint density at radius 1 is 0.755 bits per heavy atom. The minimum Gasteiger partial charge on any atom is -0.321 e. The number of nitrogens with one attached hydrogen (secondary N) is 2. The lowest BCUT2D eigenvalue weighted by atomic mass is 10.1. The highest BCUT2D eigenvalue weighted by Crippen LogP contribution is 2.35. The van der Waals surface area contributed by atoms with Crippen LogP contribution in [0.15, 0.2) is 154 Å². The average molecular weight is 666 g/mol. The summed E-state index contributed by atoms with van der Waals surface area (Å²) in [4.78, 5) is 54.5. The number of amides is 4. The maximum Gasteiger partial charge on any atom is 0.272 e. The molecule has 2 N–H and O–H groups in total. The monoisotopic (exact) mass is 665 g/mol. The highest BCUT2D eigenvalue weighted by molar-refractivity contribution is 8.00. The number of benzene rings is 5. The zero-order valence-electron chi connectivity index (χ0n) is 26.4. The quantitative estimate of drug-likeness (QED) is 0.0885. The van der Waals surface area contributed by atoms with E-state index in [2.05, 4.69) is 20.9 Å². The third kappa shape index (κ3) is 8.43. The van der Waals surface area contributed by atoms with E-state index in [1.807, 2.05) is 67.6 Å². The molecule has 0 bridgehead atoms. The van der Waals surface area contributed by atoms with Crippen LogP contribution in [0.3, 0.4) is 0 Å². The van der Waals surface area contributed by atoms with Gasteiger partial charge >= 0.3 is 0 Å². The van der Waals surface area contributed by atoms with Gasteiger partial charge < -0.3 is 10.6 Å². The molecule has 1 atom stereocenters. The molecule has 1 aliphatic heterocycles. The third-order valence-electron chi connectivity index (χ3n) is 7.56. The first-order valence-electron chi connectivity index (χ1n) is 15.5. The standard InChI is InChI=1S/C39H31N5O4S/c1-26-12-14-27(15-13-26)24-34(41-37(46)28-8-4-2-5-9-28)38(47)40-29-18-22-33(23-19-29)49-35-25-36(45)44(39(35)48)32-20-16-31(17-21-32)43-42-30-10-6-3-7-11-30/h2-24,35H,25H2,1H3,(H,40,47)(H,41,46). The van der Waals surface area contributed by atoms with Gasteiger partial charge in [-0.2, -0.15) is 10.2 Å². The second-order valence-electron chi connectivity index (χ2n) is 11.2. The summed E-state index contributed by atoms with van der Waals surface area (Å²) in [6.45, 7) is 1.97. The van der Waals surface area contributed by atoms with Crippen molar-refractivity contribution in [1.82, 2.24) is 5.32 Å². The number of nitrogens with zero attached hydrogens (tertiary/aromatic N) is 3. The number of imide groups is 1. The van der Waals surface area contributed by atoms with Crippen LogP contribution < -0.4 is 15.5 Å². The fraction of sp³-hybridized carbons (Fsp3) is 0.0769. The number of hydrogen-bond acceptors (Lipinski definition) is 7. The second-order valence-corrected chi connectivity index (χ2v) is 12.5. The second kappa shape index (κ2) is 15.2. The third-order valence-corrected chi connectivity index (χ3v) is 8.76. The van der Waals surface area contributed by atoms with Gasteiger partial charge in [0.05, 0.1) is 22.3 Å². The summed E-state index contributed by atoms with van der Waals surface area (Å²) >= 11 is 1.29. The van der Waals surface area contributed by atoms with E-state index in [9.17, 15) is 19.2 Å². The molecule has 10 heteroatoms. The molecule has 0 radical (unpaired) electrons. The fourth-order valence-electron chi connectivity index (χ4n) is 5.00. The molecule has 49 heavy (non-hydrogen) atoms. The number of aryl methyl sites for hydroxylation is 1. The van der Waals surface area contributed by atoms with Crippen LogP contribution in [-0.4, -0.2) is 28.9 Å². The molecule has 1 heterocycles. The Labute approximate surface area is 287 Å². The lowest BCUT2D eigenvalue weighted by molar-refractivity contribution is -0.121. The van der Waals surface area contributed by atoms with E-state index in [0.717, 1.165) is 21.7 Å². The Hall–Kier alpha value is -6.13. The van der Waals surface area contributed by atoms with Crippen molar-refractivity contribution < 1.29 is 19.2 Å². The zero-order chi connectivity index (χ0) is 34.2. The number of carbonyl (C=O) groups is 4. The van der Waals surface area contributed by atoms with Gasteiger partial charge in [-0.15, -0.1) is 11.8 Å². The van der Waals surface area contributed by atoms with Crippen LogP contribution in [-0.2, 0) is 14.4 Å². The van der Waals surface area contributed by atoms with Crippen molar-refractivity contribution >= 4 is 64.2 Å². The Balaban J connectivity index is 1.09. The van der Waals surface area contributed by atoms with Crippen molar-refractivity contribution in [3.05, 3.63) is 156 Å². The first-order valence-corrected chi connectivity index (χ1v) is 16.4. The molecule has 0 aromatic heterocycles. The molecule has 242 valence electrons. The van der Waals surface area contributed by atoms with E-state index in [4.69, 9.17) is 0 Å². The number of hydrogen-bond donors (Lipinski definition) is 2. The number of carbonyl (C=O) groups excluding carboxylic acids is 4. The summed E-state index contributed by atoms with van der Waals surface area (Å²) in [7, 11) is 0. The summed E-state index contributed by atoms with van der Waals surface area (Å²) in [6.07, 6.45) is 1.68. The van der Waals surface area contributed by atoms with Gasteiger partial charge in [0.25, 0.3) is 11.8 Å². The van der Waals surface area contributed by atoms with Crippen LogP contribution in [0.25, 0.3) is 6.08 Å². The van der Waals surface area contributed by atoms with E-state index >= 15 is 0 Å². The molecule has 9 nitrogen and oxygen atoms in total. The molecule has 1 unspecified atom stereocenters. The maximum atomic E-state index is 13.4. The Bertz CT molecular complexity index is 2030. The number of azo groups is 1. The van der Waals surface area contributed by atoms with Crippen molar-refractivity contribution in [2.24, 2.45) is 10.2 Å². The molecule has 0 spiro atoms. The van der Waals surface area contributed by atoms with Crippen LogP contribution in [0.5, 0.6) is 0 Å². The number of thioether (sulfide) groups is 1. The molecule has 0 saturated carbocycles. The van der Waals surface area contributed by atoms with Gasteiger partial charge in [-0.3, -0.25) is 19.2 Å². The van der Waals surface area contributed by atoms with Crippen molar-refractivity contribution in [2.45, 2.75) is 23.5 Å². The summed E-state index contributed by atoms with van der Waals surface area (Å²) in [6, 6.07) is 39.4. The van der Waals surface area contributed by atoms with Crippen molar-refractivity contribution in [3.63, 3.8) is 0 Å². The first kappa shape index (κ1) is 32.8. The molecule has 5 aromatic carbocycles. The summed E-state index contributed by atoms with van der Waals surface area (Å²) in [5.74, 6) is -1.48. The minimum absolute atomic E-state index is 0.0612. The lowest BCUT2D eigenvalue weighted by Crippen LogP contribution is -2.31. The Morgan fingerprint density at radius 2 is 1.37 bits per heavy atom. The fourth-order valence-corrected chi connectivity index (χ4v) is 6.05. The van der Waals surface area contributed by atoms with Gasteiger partial charge in [0.1, 0.15) is 5.70 Å². The zero-order valence-corrected chi connectivity index (χ0v) is 27.3. The molecule has 6 rings (SSSR count). The predicted octanol–water partition coefficient (Wildman–Crippen LogP) is 8.24. The van der Waals surface area contributed by atoms with E-state index in [1.165, 1.54) is 16.7 Å². The molecule has 5 aromatic rings. The van der Waals surface area contributed by atoms with E-state index < -0.39 is 17.1 Å². The summed E-state index contributed by atoms with van der Waals surface area (Å²) < 4.78 is 0. The lowest BCUT2D eigenvalue weighted by Gasteiger charge is -2.15. The summed E-state index contributed by atoms with van der Waals surface area (Å²) in [5.41, 5.74) is 4.63. The van der Waals surface area contributed by atoms with E-state index in [1.54, 1.807) is 78.9 Å². The topological polar surface area (TPSA) is 120 Å². The average Bonchev–Trinajstić information content (AvgIpc) is 3.41. The van der Waals surface area contributed by atoms with Crippen molar-refractivity contribution in [3.8, 4) is 0 Å². The molecular weight excluding hydrogens is 635 g/mol. The van der Waals surface area contributed by atoms with Gasteiger partial charge in [0.2, 0.25) is 11.8 Å². The van der Waals surface area contributed by atoms with Gasteiger partial charge in [-0.1, -0.05) is 66.2 Å². The van der Waals surface area contributed by atoms with Gasteiger partial charge in [-0.25, -0.2) is 4.90 Å². The van der Waals surface area contributed by atoms with Crippen LogP contribution >= 0.6 is 11.8 Å². The molecule has 0 aliphatic carbocycles. The maximum absolute atomic E-state index is 13.4. The molecule has 1 saturated heterocycles. The molecule has 1 aliphatic rings. The van der Waals surface area contributed by atoms with Crippen LogP contribution in [0.1, 0.15) is 27.9 Å². The minimum atomic E-state index is -0.595. The predicted molar refractivity (Wildman–Crippen MR) is 192 cm³/mol. The largest absolute Gasteiger partial charge is 0.321 e. The van der Waals surface area contributed by atoms with Crippen LogP contribution in [0.2, 0.25) is 0 Å². The highest BCUT2D eigenvalue weighted by atomic mass is 32.2. The number of anilines is 2. The van der Waals surface area contributed by atoms with Gasteiger partial charge in [-0.05, 0) is 91.4 Å².